The third-order valence-electron chi connectivity index (χ3n) is 19.4. The average Bonchev–Trinajstić information content (AvgIpc) is 1.51. The third kappa shape index (κ3) is 16.4. The van der Waals surface area contributed by atoms with E-state index in [9.17, 15) is 80.5 Å². The Kier molecular flexibility index (Phi) is 24.4. The maximum absolute atomic E-state index is 15.3. The standard InChI is InChI=1S/C66H86N12O26/c1-26(28-6-4-3-5-7-28)42-58(94)72-34(16-27-8-13-32(14-9-27)98-63-52(91)50(89)53(40(25-82)101-63)102-64-55-54(48(87)39(24-81)100-64)103-62(104-55)31-11-10-30-18-33(97-2)15-12-29(30)17-31)57(93)76-43(45(84)35-19-70-65(67)74-35)60(96)77-44(59(95)73-36(22-79)56(92)69-21-41(83)75-42)46(85)37-20-71-66(68)78(37)61-51(90)49(88)47(86)38(23-80)99-61/h3-15,17-18,26,34-40,42-55,61-64,79-82,84-91H,16,19-25H2,1-2H3,(H2,68,71)(H,69,92)(H,72,94)(H,73,95)(H,75,83)(H,76,93)(H,77,96)(H3,67,70,74). The van der Waals surface area contributed by atoms with E-state index in [4.69, 9.17) is 49.4 Å². The molecule has 0 radical (unpaired) electrons. The van der Waals surface area contributed by atoms with Gasteiger partial charge in [-0.3, -0.25) is 38.8 Å². The number of carbonyl (C=O) groups excluding carboxylic acids is 6. The monoisotopic (exact) mass is 1460 g/mol. The van der Waals surface area contributed by atoms with Gasteiger partial charge in [-0.15, -0.1) is 0 Å². The van der Waals surface area contributed by atoms with Crippen LogP contribution in [0.4, 0.5) is 0 Å². The highest BCUT2D eigenvalue weighted by molar-refractivity contribution is 5.98. The van der Waals surface area contributed by atoms with Crippen LogP contribution in [0.15, 0.2) is 101 Å². The molecule has 0 saturated carbocycles. The minimum absolute atomic E-state index is 0.0425. The van der Waals surface area contributed by atoms with Gasteiger partial charge in [0.05, 0.1) is 65.3 Å². The van der Waals surface area contributed by atoms with Crippen LogP contribution >= 0.6 is 0 Å². The molecule has 0 bridgehead atoms. The second-order valence-electron chi connectivity index (χ2n) is 26.1. The lowest BCUT2D eigenvalue weighted by Crippen LogP contribution is -2.70. The Morgan fingerprint density at radius 3 is 1.88 bits per heavy atom. The van der Waals surface area contributed by atoms with Gasteiger partial charge in [0.2, 0.25) is 41.7 Å². The van der Waals surface area contributed by atoms with E-state index in [0.717, 1.165) is 15.7 Å². The van der Waals surface area contributed by atoms with Crippen LogP contribution in [0.1, 0.15) is 35.8 Å². The number of carbonyl (C=O) groups is 6. The van der Waals surface area contributed by atoms with Gasteiger partial charge in [-0.05, 0) is 52.2 Å². The maximum atomic E-state index is 15.3. The molecule has 104 heavy (non-hydrogen) atoms. The van der Waals surface area contributed by atoms with Gasteiger partial charge >= 0.3 is 0 Å². The number of guanidine groups is 2. The highest BCUT2D eigenvalue weighted by Crippen LogP contribution is 2.42. The Morgan fingerprint density at radius 1 is 0.567 bits per heavy atom. The van der Waals surface area contributed by atoms with Gasteiger partial charge in [0.1, 0.15) is 127 Å². The summed E-state index contributed by atoms with van der Waals surface area (Å²) >= 11 is 0. The van der Waals surface area contributed by atoms with Crippen LogP contribution in [0.3, 0.4) is 0 Å². The number of aliphatic hydroxyl groups excluding tert-OH is 12. The number of nitrogens with one attached hydrogen (secondary N) is 7. The van der Waals surface area contributed by atoms with Gasteiger partial charge in [-0.1, -0.05) is 67.6 Å². The number of rotatable bonds is 19. The maximum Gasteiger partial charge on any atom is 0.246 e. The van der Waals surface area contributed by atoms with Crippen LogP contribution in [0, 0.1) is 0 Å². The molecule has 0 aromatic heterocycles. The van der Waals surface area contributed by atoms with Gasteiger partial charge in [-0.2, -0.15) is 0 Å². The molecule has 26 atom stereocenters. The van der Waals surface area contributed by atoms with E-state index in [0.29, 0.717) is 16.9 Å². The number of aliphatic imine (C=N–C) groups is 2. The fourth-order valence-electron chi connectivity index (χ4n) is 13.5. The van der Waals surface area contributed by atoms with Gasteiger partial charge in [0.25, 0.3) is 0 Å². The highest BCUT2D eigenvalue weighted by Gasteiger charge is 2.57. The largest absolute Gasteiger partial charge is 0.497 e. The first-order chi connectivity index (χ1) is 49.8. The first kappa shape index (κ1) is 76.5. The number of ether oxygens (including phenoxy) is 8. The molecule has 4 aromatic carbocycles. The molecule has 38 heteroatoms. The van der Waals surface area contributed by atoms with Crippen LogP contribution in [0.5, 0.6) is 11.5 Å². The molecule has 5 fully saturated rings. The van der Waals surface area contributed by atoms with E-state index < -0.39 is 246 Å². The quantitative estimate of drug-likeness (QED) is 0.0414. The zero-order valence-corrected chi connectivity index (χ0v) is 55.9. The summed E-state index contributed by atoms with van der Waals surface area (Å²) in [6.07, 6.45) is -30.3. The normalized spacial score (nSPS) is 35.6. The zero-order valence-electron chi connectivity index (χ0n) is 55.9. The number of nitrogens with two attached hydrogens (primary N) is 2. The first-order valence-corrected chi connectivity index (χ1v) is 33.5. The van der Waals surface area contributed by atoms with E-state index in [1.807, 2.05) is 24.3 Å². The number of methoxy groups -OCH3 is 1. The summed E-state index contributed by atoms with van der Waals surface area (Å²) < 4.78 is 47.8. The van der Waals surface area contributed by atoms with Gasteiger partial charge < -0.3 is 153 Å². The highest BCUT2D eigenvalue weighted by atomic mass is 16.8. The lowest BCUT2D eigenvalue weighted by atomic mass is 9.92. The van der Waals surface area contributed by atoms with Crippen molar-refractivity contribution in [1.82, 2.24) is 42.1 Å². The molecule has 0 aliphatic carbocycles. The molecule has 7 aliphatic rings. The number of hydrogen-bond acceptors (Lipinski definition) is 32. The fourth-order valence-corrected chi connectivity index (χ4v) is 13.5. The summed E-state index contributed by atoms with van der Waals surface area (Å²) in [5, 5.41) is 152. The Balaban J connectivity index is 0.852. The average molecular weight is 1460 g/mol. The van der Waals surface area contributed by atoms with Crippen LogP contribution < -0.4 is 58.2 Å². The van der Waals surface area contributed by atoms with Gasteiger partial charge in [0, 0.05) is 17.9 Å². The van der Waals surface area contributed by atoms with Crippen molar-refractivity contribution in [2.24, 2.45) is 21.5 Å². The summed E-state index contributed by atoms with van der Waals surface area (Å²) in [6.45, 7) is -3.78. The van der Waals surface area contributed by atoms with Crippen molar-refractivity contribution < 1.29 is 128 Å². The zero-order chi connectivity index (χ0) is 74.5. The second kappa shape index (κ2) is 33.2. The van der Waals surface area contributed by atoms with Crippen molar-refractivity contribution >= 4 is 58.1 Å². The molecule has 4 aromatic rings. The minimum Gasteiger partial charge on any atom is -0.497 e. The molecule has 5 saturated heterocycles. The van der Waals surface area contributed by atoms with Crippen LogP contribution in [0.25, 0.3) is 10.8 Å². The molecule has 0 spiro atoms. The van der Waals surface area contributed by atoms with E-state index in [2.05, 4.69) is 47.2 Å². The molecule has 7 aliphatic heterocycles. The van der Waals surface area contributed by atoms with Crippen molar-refractivity contribution in [3.8, 4) is 11.5 Å². The number of benzene rings is 4. The Hall–Kier alpha value is -8.62. The van der Waals surface area contributed by atoms with E-state index in [-0.39, 0.29) is 23.8 Å². The van der Waals surface area contributed by atoms with Gasteiger partial charge in [0.15, 0.2) is 30.7 Å². The molecule has 11 rings (SSSR count). The first-order valence-electron chi connectivity index (χ1n) is 33.5. The lowest BCUT2D eigenvalue weighted by molar-refractivity contribution is -0.343. The van der Waals surface area contributed by atoms with E-state index in [1.54, 1.807) is 56.5 Å². The summed E-state index contributed by atoms with van der Waals surface area (Å²) in [7, 11) is 1.55. The number of hydrogen-bond donors (Lipinski definition) is 21. The van der Waals surface area contributed by atoms with Crippen molar-refractivity contribution in [2.45, 2.75) is 172 Å². The summed E-state index contributed by atoms with van der Waals surface area (Å²) in [5.74, 6) is -8.28. The SMILES string of the molecule is COc1ccc2cc(C3OC4C(OC5C(CO)OC(Oc6ccc(CC7NC(=O)C(C(C)c8ccccc8)NC(=O)CNC(=O)C(CO)NC(=O)C(C(O)C8CN=C(N)N8C8OC(CO)C(O)C(O)C8O)NC(=O)C(C(O)C8CN=C(N)N8)NC7=O)cc6)C(O)C5O)OC(CO)C(O)C4O3)ccc2c1. The molecular formula is C66H86N12O26. The van der Waals surface area contributed by atoms with Crippen molar-refractivity contribution in [3.05, 3.63) is 108 Å². The third-order valence-corrected chi connectivity index (χ3v) is 19.4. The second-order valence-corrected chi connectivity index (χ2v) is 26.1. The van der Waals surface area contributed by atoms with E-state index >= 15 is 9.59 Å². The number of nitrogens with zero attached hydrogens (tertiary/aromatic N) is 3. The summed E-state index contributed by atoms with van der Waals surface area (Å²) in [6, 6.07) is 11.9. The van der Waals surface area contributed by atoms with Crippen LogP contribution in [0.2, 0.25) is 0 Å². The Labute approximate surface area is 592 Å². The minimum atomic E-state index is -2.35. The van der Waals surface area contributed by atoms with Crippen molar-refractivity contribution in [3.63, 3.8) is 0 Å². The van der Waals surface area contributed by atoms with Crippen LogP contribution in [-0.4, -0.2) is 313 Å². The Bertz CT molecular complexity index is 3760. The molecule has 6 amide bonds. The summed E-state index contributed by atoms with van der Waals surface area (Å²) in [5.41, 5.74) is 13.5. The predicted molar refractivity (Wildman–Crippen MR) is 354 cm³/mol. The molecule has 7 heterocycles. The Morgan fingerprint density at radius 2 is 1.19 bits per heavy atom. The topological polar surface area (TPSA) is 583 Å². The molecule has 23 N–H and O–H groups in total. The molecule has 26 unspecified atom stereocenters. The predicted octanol–water partition coefficient (Wildman–Crippen LogP) is -9.69. The van der Waals surface area contributed by atoms with Crippen molar-refractivity contribution in [2.75, 3.05) is 53.2 Å². The molecule has 38 nitrogen and oxygen atoms in total. The van der Waals surface area contributed by atoms with Gasteiger partial charge in [-0.25, -0.2) is 0 Å². The van der Waals surface area contributed by atoms with E-state index in [1.165, 1.54) is 24.3 Å². The van der Waals surface area contributed by atoms with Crippen LogP contribution in [-0.2, 0) is 63.6 Å². The number of aliphatic hydroxyl groups is 12. The summed E-state index contributed by atoms with van der Waals surface area (Å²) in [4.78, 5) is 96.8. The molecule has 566 valence electrons. The smallest absolute Gasteiger partial charge is 0.246 e. The number of fused-ring (bicyclic) bond motifs is 2. The number of amides is 6. The lowest BCUT2D eigenvalue weighted by Gasteiger charge is -2.46. The van der Waals surface area contributed by atoms with Crippen molar-refractivity contribution in [1.29, 1.82) is 0 Å². The molecular weight excluding hydrogens is 1380 g/mol. The fraction of sp³-hybridized carbons (Fsp3) is 0.545.